The van der Waals surface area contributed by atoms with Crippen LogP contribution in [-0.4, -0.2) is 37.6 Å². The number of nitrogens with zero attached hydrogens (tertiary/aromatic N) is 3. The van der Waals surface area contributed by atoms with Crippen molar-refractivity contribution in [2.75, 3.05) is 37.6 Å². The summed E-state index contributed by atoms with van der Waals surface area (Å²) < 4.78 is 1.16. The maximum absolute atomic E-state index is 8.66. The number of halogens is 1. The first-order valence-electron chi connectivity index (χ1n) is 5.81. The van der Waals surface area contributed by atoms with Gasteiger partial charge < -0.3 is 4.90 Å². The Morgan fingerprint density at radius 2 is 2.00 bits per heavy atom. The summed E-state index contributed by atoms with van der Waals surface area (Å²) in [6.07, 6.45) is 0. The number of benzene rings is 1. The molecular formula is C13H16BrN3. The highest BCUT2D eigenvalue weighted by Gasteiger charge is 2.16. The lowest BCUT2D eigenvalue weighted by Crippen LogP contribution is -2.46. The summed E-state index contributed by atoms with van der Waals surface area (Å²) in [7, 11) is 0. The molecule has 0 spiro atoms. The van der Waals surface area contributed by atoms with E-state index in [0.29, 0.717) is 6.54 Å². The first-order valence-corrected chi connectivity index (χ1v) is 6.60. The average molecular weight is 294 g/mol. The second-order valence-electron chi connectivity index (χ2n) is 4.35. The molecule has 1 saturated heterocycles. The minimum absolute atomic E-state index is 0.547. The predicted molar refractivity (Wildman–Crippen MR) is 73.1 cm³/mol. The summed E-state index contributed by atoms with van der Waals surface area (Å²) in [6.45, 7) is 6.58. The molecule has 1 aromatic carbocycles. The van der Waals surface area contributed by atoms with Gasteiger partial charge in [0, 0.05) is 36.3 Å². The molecule has 2 rings (SSSR count). The van der Waals surface area contributed by atoms with E-state index in [0.717, 1.165) is 30.7 Å². The van der Waals surface area contributed by atoms with Crippen molar-refractivity contribution in [3.8, 4) is 6.07 Å². The zero-order chi connectivity index (χ0) is 12.3. The molecule has 1 heterocycles. The van der Waals surface area contributed by atoms with Gasteiger partial charge in [0.1, 0.15) is 0 Å². The summed E-state index contributed by atoms with van der Waals surface area (Å²) in [5.41, 5.74) is 2.52. The van der Waals surface area contributed by atoms with Gasteiger partial charge >= 0.3 is 0 Å². The van der Waals surface area contributed by atoms with Crippen LogP contribution in [0.1, 0.15) is 5.56 Å². The minimum atomic E-state index is 0.547. The fourth-order valence-corrected chi connectivity index (χ4v) is 2.41. The van der Waals surface area contributed by atoms with Crippen LogP contribution in [0.25, 0.3) is 0 Å². The van der Waals surface area contributed by atoms with Crippen molar-refractivity contribution in [2.45, 2.75) is 6.92 Å². The quantitative estimate of drug-likeness (QED) is 0.785. The smallest absolute Gasteiger partial charge is 0.0867 e. The molecular weight excluding hydrogens is 278 g/mol. The van der Waals surface area contributed by atoms with Gasteiger partial charge in [0.15, 0.2) is 0 Å². The Hall–Kier alpha value is -1.05. The van der Waals surface area contributed by atoms with Gasteiger partial charge in [-0.3, -0.25) is 4.90 Å². The molecule has 0 saturated carbocycles. The maximum atomic E-state index is 8.66. The van der Waals surface area contributed by atoms with E-state index in [1.54, 1.807) is 0 Å². The third-order valence-corrected chi connectivity index (χ3v) is 4.04. The molecule has 0 unspecified atom stereocenters. The summed E-state index contributed by atoms with van der Waals surface area (Å²) in [4.78, 5) is 4.57. The number of rotatable bonds is 2. The molecule has 4 heteroatoms. The third-order valence-electron chi connectivity index (χ3n) is 3.19. The number of anilines is 1. The molecule has 3 nitrogen and oxygen atoms in total. The van der Waals surface area contributed by atoms with Crippen LogP contribution in [0.4, 0.5) is 5.69 Å². The van der Waals surface area contributed by atoms with Gasteiger partial charge in [-0.25, -0.2) is 0 Å². The summed E-state index contributed by atoms with van der Waals surface area (Å²) in [5, 5.41) is 8.66. The molecule has 1 aromatic rings. The molecule has 0 amide bonds. The minimum Gasteiger partial charge on any atom is -0.369 e. The number of aryl methyl sites for hydroxylation is 1. The Labute approximate surface area is 111 Å². The number of piperazine rings is 1. The normalized spacial score (nSPS) is 16.9. The SMILES string of the molecule is Cc1ccc(N2CCN(CC#N)CC2)cc1Br. The van der Waals surface area contributed by atoms with E-state index in [2.05, 4.69) is 56.9 Å². The lowest BCUT2D eigenvalue weighted by molar-refractivity contribution is 0.287. The van der Waals surface area contributed by atoms with E-state index in [-0.39, 0.29) is 0 Å². The lowest BCUT2D eigenvalue weighted by Gasteiger charge is -2.35. The maximum Gasteiger partial charge on any atom is 0.0867 e. The van der Waals surface area contributed by atoms with Gasteiger partial charge in [-0.1, -0.05) is 22.0 Å². The largest absolute Gasteiger partial charge is 0.369 e. The van der Waals surface area contributed by atoms with E-state index < -0.39 is 0 Å². The third kappa shape index (κ3) is 2.99. The predicted octanol–water partition coefficient (Wildman–Crippen LogP) is 2.40. The van der Waals surface area contributed by atoms with Crippen LogP contribution in [0.15, 0.2) is 22.7 Å². The Morgan fingerprint density at radius 1 is 1.29 bits per heavy atom. The number of hydrogen-bond donors (Lipinski definition) is 0. The van der Waals surface area contributed by atoms with Gasteiger partial charge in [-0.15, -0.1) is 0 Å². The van der Waals surface area contributed by atoms with E-state index in [4.69, 9.17) is 5.26 Å². The summed E-state index contributed by atoms with van der Waals surface area (Å²) >= 11 is 3.57. The van der Waals surface area contributed by atoms with Crippen molar-refractivity contribution in [3.05, 3.63) is 28.2 Å². The van der Waals surface area contributed by atoms with Gasteiger partial charge in [-0.05, 0) is 24.6 Å². The van der Waals surface area contributed by atoms with Gasteiger partial charge in [0.05, 0.1) is 12.6 Å². The Bertz CT molecular complexity index is 431. The Balaban J connectivity index is 2.01. The van der Waals surface area contributed by atoms with Crippen LogP contribution >= 0.6 is 15.9 Å². The van der Waals surface area contributed by atoms with Crippen LogP contribution in [0.5, 0.6) is 0 Å². The van der Waals surface area contributed by atoms with Crippen LogP contribution in [0, 0.1) is 18.3 Å². The van der Waals surface area contributed by atoms with Crippen molar-refractivity contribution in [3.63, 3.8) is 0 Å². The monoisotopic (exact) mass is 293 g/mol. The highest BCUT2D eigenvalue weighted by Crippen LogP contribution is 2.24. The second kappa shape index (κ2) is 5.52. The lowest BCUT2D eigenvalue weighted by atomic mass is 10.2. The fourth-order valence-electron chi connectivity index (χ4n) is 2.04. The van der Waals surface area contributed by atoms with Crippen LogP contribution < -0.4 is 4.90 Å². The van der Waals surface area contributed by atoms with Crippen molar-refractivity contribution < 1.29 is 0 Å². The molecule has 1 aliphatic heterocycles. The number of nitriles is 1. The first kappa shape index (κ1) is 12.4. The molecule has 90 valence electrons. The molecule has 0 N–H and O–H groups in total. The molecule has 0 atom stereocenters. The van der Waals surface area contributed by atoms with Gasteiger partial charge in [0.2, 0.25) is 0 Å². The molecule has 1 aliphatic rings. The highest BCUT2D eigenvalue weighted by atomic mass is 79.9. The molecule has 0 aliphatic carbocycles. The Kier molecular flexibility index (Phi) is 4.03. The standard InChI is InChI=1S/C13H16BrN3/c1-11-2-3-12(10-13(11)14)17-8-6-16(5-4-15)7-9-17/h2-3,10H,5-9H2,1H3. The molecule has 0 aromatic heterocycles. The number of hydrogen-bond acceptors (Lipinski definition) is 3. The zero-order valence-electron chi connectivity index (χ0n) is 9.99. The van der Waals surface area contributed by atoms with E-state index >= 15 is 0 Å². The van der Waals surface area contributed by atoms with Crippen molar-refractivity contribution >= 4 is 21.6 Å². The average Bonchev–Trinajstić information content (AvgIpc) is 2.34. The van der Waals surface area contributed by atoms with Crippen molar-refractivity contribution in [1.29, 1.82) is 5.26 Å². The summed E-state index contributed by atoms with van der Waals surface area (Å²) in [6, 6.07) is 8.69. The fraction of sp³-hybridized carbons (Fsp3) is 0.462. The molecule has 1 fully saturated rings. The van der Waals surface area contributed by atoms with Gasteiger partial charge in [-0.2, -0.15) is 5.26 Å². The Morgan fingerprint density at radius 3 is 2.59 bits per heavy atom. The van der Waals surface area contributed by atoms with Crippen LogP contribution in [-0.2, 0) is 0 Å². The van der Waals surface area contributed by atoms with Crippen LogP contribution in [0.2, 0.25) is 0 Å². The van der Waals surface area contributed by atoms with E-state index in [1.807, 2.05) is 0 Å². The van der Waals surface area contributed by atoms with Crippen molar-refractivity contribution in [2.24, 2.45) is 0 Å². The topological polar surface area (TPSA) is 30.3 Å². The molecule has 0 bridgehead atoms. The second-order valence-corrected chi connectivity index (χ2v) is 5.21. The summed E-state index contributed by atoms with van der Waals surface area (Å²) in [5.74, 6) is 0. The first-order chi connectivity index (χ1) is 8.20. The zero-order valence-corrected chi connectivity index (χ0v) is 11.6. The van der Waals surface area contributed by atoms with Gasteiger partial charge in [0.25, 0.3) is 0 Å². The van der Waals surface area contributed by atoms with Crippen molar-refractivity contribution in [1.82, 2.24) is 4.90 Å². The van der Waals surface area contributed by atoms with E-state index in [9.17, 15) is 0 Å². The highest BCUT2D eigenvalue weighted by molar-refractivity contribution is 9.10. The van der Waals surface area contributed by atoms with Crippen LogP contribution in [0.3, 0.4) is 0 Å². The van der Waals surface area contributed by atoms with E-state index in [1.165, 1.54) is 11.3 Å². The molecule has 0 radical (unpaired) electrons. The molecule has 17 heavy (non-hydrogen) atoms.